The quantitative estimate of drug-likeness (QED) is 0.0417. The maximum atomic E-state index is 14.7. The molecule has 59 heteroatoms. The molecule has 22 rings (SSSR count). The second-order valence-corrected chi connectivity index (χ2v) is 40.6. The number of amides is 1. The average Bonchev–Trinajstić information content (AvgIpc) is 1.61. The Kier molecular flexibility index (Phi) is 29.6. The molecule has 0 saturated carbocycles. The number of carbonyl (C=O) groups excluding carboxylic acids is 1. The van der Waals surface area contributed by atoms with E-state index in [2.05, 4.69) is 112 Å². The minimum Gasteiger partial charge on any atom is -0.373 e. The lowest BCUT2D eigenvalue weighted by Gasteiger charge is -2.42. The van der Waals surface area contributed by atoms with Crippen LogP contribution in [0, 0.1) is 17.8 Å². The van der Waals surface area contributed by atoms with Crippen molar-refractivity contribution >= 4 is 138 Å². The van der Waals surface area contributed by atoms with Gasteiger partial charge in [-0.25, -0.2) is 87.5 Å². The molecular weight excluding hydrogens is 2050 g/mol. The molecule has 5 aliphatic heterocycles. The maximum Gasteiger partial charge on any atom is 0.417 e. The highest BCUT2D eigenvalue weighted by molar-refractivity contribution is 7.89. The number of halogens is 13. The highest BCUT2D eigenvalue weighted by Gasteiger charge is 2.50. The van der Waals surface area contributed by atoms with Crippen LogP contribution in [0.2, 0.25) is 5.02 Å². The third-order valence-electron chi connectivity index (χ3n) is 23.7. The van der Waals surface area contributed by atoms with Crippen molar-refractivity contribution in [2.45, 2.75) is 69.2 Å². The molecule has 144 heavy (non-hydrogen) atoms. The molecule has 5 aliphatic rings. The number of aromatic amines is 2. The first-order chi connectivity index (χ1) is 68.8. The lowest BCUT2D eigenvalue weighted by atomic mass is 9.86. The van der Waals surface area contributed by atoms with Gasteiger partial charge in [-0.15, -0.1) is 0 Å². The molecule has 5 fully saturated rings. The number of pyridine rings is 5. The summed E-state index contributed by atoms with van der Waals surface area (Å²) in [5.41, 5.74) is 10.7. The van der Waals surface area contributed by atoms with Crippen LogP contribution in [0.15, 0.2) is 160 Å². The molecular formula is C85H83ClF12N32O8S6. The Morgan fingerprint density at radius 1 is 0.486 bits per heavy atom. The third-order valence-corrected chi connectivity index (χ3v) is 28.4. The van der Waals surface area contributed by atoms with Gasteiger partial charge in [0.1, 0.15) is 74.7 Å². The molecule has 17 aromatic heterocycles. The molecule has 2 unspecified atom stereocenters. The summed E-state index contributed by atoms with van der Waals surface area (Å²) in [6.07, 6.45) is 12.0. The van der Waals surface area contributed by atoms with Gasteiger partial charge in [-0.1, -0.05) is 18.5 Å². The Bertz CT molecular complexity index is 7610. The highest BCUT2D eigenvalue weighted by atomic mass is 35.5. The number of ether oxygens (including phenoxy) is 3. The van der Waals surface area contributed by atoms with Gasteiger partial charge >= 0.3 is 12.4 Å². The fourth-order valence-electron chi connectivity index (χ4n) is 16.3. The van der Waals surface area contributed by atoms with Crippen molar-refractivity contribution in [2.24, 2.45) is 23.5 Å². The van der Waals surface area contributed by atoms with Crippen molar-refractivity contribution in [1.29, 1.82) is 0 Å². The molecule has 40 nitrogen and oxygen atoms in total. The molecule has 17 aromatic rings. The van der Waals surface area contributed by atoms with Crippen molar-refractivity contribution in [3.05, 3.63) is 198 Å². The lowest BCUT2D eigenvalue weighted by Crippen LogP contribution is -2.56. The van der Waals surface area contributed by atoms with E-state index in [9.17, 15) is 74.3 Å². The van der Waals surface area contributed by atoms with E-state index in [4.69, 9.17) is 31.5 Å². The zero-order valence-corrected chi connectivity index (χ0v) is 81.1. The van der Waals surface area contributed by atoms with Crippen molar-refractivity contribution < 1.29 is 88.5 Å². The van der Waals surface area contributed by atoms with Crippen LogP contribution in [-0.2, 0) is 51.4 Å². The average molecular weight is 2140 g/mol. The second kappa shape index (κ2) is 42.2. The number of hydrogen-bond donors (Lipinski definition) is 5. The van der Waals surface area contributed by atoms with E-state index < -0.39 is 80.7 Å². The van der Waals surface area contributed by atoms with Crippen molar-refractivity contribution in [1.82, 2.24) is 124 Å². The topological polar surface area (TPSA) is 452 Å². The van der Waals surface area contributed by atoms with Gasteiger partial charge in [0.15, 0.2) is 29.1 Å². The number of fused-ring (bicyclic) bond motifs is 5. The molecule has 0 aromatic carbocycles. The Morgan fingerprint density at radius 3 is 1.33 bits per heavy atom. The molecule has 0 radical (unpaired) electrons. The largest absolute Gasteiger partial charge is 0.417 e. The number of alkyl halides is 12. The Labute approximate surface area is 829 Å². The fourth-order valence-corrected chi connectivity index (χ4v) is 20.3. The molecule has 6 N–H and O–H groups in total. The van der Waals surface area contributed by atoms with E-state index in [1.807, 2.05) is 32.5 Å². The monoisotopic (exact) mass is 2130 g/mol. The standard InChI is InChI=1S/C18H20F4N6O2S2.C17H17ClN6O.C17H14F3N7OS.C17H15F2N7OS.C16H17F3N6O3S2/c1-10-7-27(9-12(18(10,21)22)5-24-32(2,29)30)17-25-16(26-31-17)13-6-23-14-4-3-11(15(19)20)8-28(13)14;18-12-3-4-14-21-8-13(24(14)10-12)17-20-6-5-15(22-17)23-7-1-2-11(9-23)16(19)25;18-17(19,20)11-1-2-14-21-7-12(27(14)8-11)15-24-16(29-25-15)26-3-4-28-13(9-26)10-5-22-23-6-10;18-15(19)10-1-2-14-20-7-12(26(14)8-10)16-23-17(28-24-16)25-3-4-27-13(9-25)11-5-21-22-6-11;1-30(26,27)21-6-11-9-24(4-5-28-11)15-22-14(23-29-15)12-7-20-13-3-2-10(8-25(12)13)16(17,18)19/h3-4,6,8,10,12,15,24H,5,7,9H2,1-2H3;3-6,8,10-11H,1-2,7,9H2,(H2,19,25);1-2,5-8,13H,3-4,9H2,(H,22,23);1-2,5-8,13,15H,3-4,9H2,(H,21,22);2-3,7-8,11,21H,4-6,9H2,1H3/t10-,12+;11-;;;11-/m00..1/s1. The molecule has 0 spiro atoms. The number of nitrogens with zero attached hydrogens (tertiary/aromatic N) is 27. The van der Waals surface area contributed by atoms with E-state index in [1.54, 1.807) is 64.8 Å². The van der Waals surface area contributed by atoms with Crippen LogP contribution >= 0.6 is 57.7 Å². The number of carbonyl (C=O) groups is 1. The third kappa shape index (κ3) is 23.3. The predicted octanol–water partition coefficient (Wildman–Crippen LogP) is 13.1. The zero-order chi connectivity index (χ0) is 101. The summed E-state index contributed by atoms with van der Waals surface area (Å²) in [6.45, 7) is 7.45. The molecule has 22 heterocycles. The first kappa shape index (κ1) is 101. The summed E-state index contributed by atoms with van der Waals surface area (Å²) < 4.78 is 252. The molecule has 758 valence electrons. The number of aromatic nitrogens is 24. The highest BCUT2D eigenvalue weighted by Crippen LogP contribution is 2.43. The second-order valence-electron chi connectivity index (χ2n) is 33.6. The number of hydrogen-bond acceptors (Lipinski definition) is 34. The zero-order valence-electron chi connectivity index (χ0n) is 75.4. The van der Waals surface area contributed by atoms with E-state index in [1.165, 1.54) is 105 Å². The van der Waals surface area contributed by atoms with Crippen LogP contribution in [0.1, 0.15) is 78.2 Å². The first-order valence-corrected chi connectivity index (χ1v) is 51.1. The number of nitrogens with one attached hydrogen (secondary N) is 4. The molecule has 1 amide bonds. The van der Waals surface area contributed by atoms with Crippen LogP contribution in [-0.4, -0.2) is 260 Å². The van der Waals surface area contributed by atoms with Gasteiger partial charge in [0, 0.05) is 189 Å². The van der Waals surface area contributed by atoms with Crippen LogP contribution in [0.25, 0.3) is 85.8 Å². The summed E-state index contributed by atoms with van der Waals surface area (Å²) in [6, 6.07) is 15.8. The Balaban J connectivity index is 0.000000119. The van der Waals surface area contributed by atoms with Crippen LogP contribution in [0.3, 0.4) is 0 Å². The van der Waals surface area contributed by atoms with Gasteiger partial charge in [0.2, 0.25) is 46.5 Å². The number of sulfonamides is 2. The van der Waals surface area contributed by atoms with Gasteiger partial charge < -0.3 is 44.4 Å². The molecule has 0 bridgehead atoms. The molecule has 0 aliphatic carbocycles. The first-order valence-electron chi connectivity index (χ1n) is 43.9. The normalized spacial score (nSPS) is 18.7. The van der Waals surface area contributed by atoms with Gasteiger partial charge in [-0.3, -0.25) is 37.0 Å². The number of H-pyrrole nitrogens is 2. The van der Waals surface area contributed by atoms with E-state index in [-0.39, 0.29) is 72.5 Å². The Hall–Kier alpha value is -13.2. The summed E-state index contributed by atoms with van der Waals surface area (Å²) in [5, 5.41) is 16.5. The van der Waals surface area contributed by atoms with Crippen molar-refractivity contribution in [2.75, 3.05) is 135 Å². The van der Waals surface area contributed by atoms with E-state index in [0.717, 1.165) is 113 Å². The number of morpholine rings is 3. The predicted molar refractivity (Wildman–Crippen MR) is 508 cm³/mol. The van der Waals surface area contributed by atoms with Crippen LogP contribution in [0.4, 0.5) is 79.0 Å². The maximum absolute atomic E-state index is 14.7. The van der Waals surface area contributed by atoms with Crippen molar-refractivity contribution in [3.8, 4) is 57.6 Å². The van der Waals surface area contributed by atoms with Gasteiger partial charge in [0.25, 0.3) is 18.8 Å². The van der Waals surface area contributed by atoms with Gasteiger partial charge in [-0.2, -0.15) is 74.0 Å². The number of nitrogens with two attached hydrogens (primary N) is 1. The van der Waals surface area contributed by atoms with Crippen molar-refractivity contribution in [3.63, 3.8) is 0 Å². The summed E-state index contributed by atoms with van der Waals surface area (Å²) in [5.74, 6) is -3.10. The fraction of sp³-hybridized carbons (Fsp3) is 0.365. The lowest BCUT2D eigenvalue weighted by molar-refractivity contribution is -0.138. The Morgan fingerprint density at radius 2 is 0.896 bits per heavy atom. The summed E-state index contributed by atoms with van der Waals surface area (Å²) >= 11 is 10.7. The van der Waals surface area contributed by atoms with Gasteiger partial charge in [0.05, 0.1) is 123 Å². The minimum absolute atomic E-state index is 0.0136. The van der Waals surface area contributed by atoms with Crippen LogP contribution < -0.4 is 39.7 Å². The number of anilines is 5. The van der Waals surface area contributed by atoms with E-state index in [0.29, 0.717) is 149 Å². The minimum atomic E-state index is -4.47. The number of piperidine rings is 2. The van der Waals surface area contributed by atoms with Crippen LogP contribution in [0.5, 0.6) is 0 Å². The number of imidazole rings is 5. The smallest absolute Gasteiger partial charge is 0.373 e. The van der Waals surface area contributed by atoms with Gasteiger partial charge in [-0.05, 0) is 79.6 Å². The van der Waals surface area contributed by atoms with E-state index >= 15 is 0 Å². The number of primary amides is 1. The molecule has 6 atom stereocenters. The SMILES string of the molecule is CS(=O)(=O)NC[C@@H]1CN(c2nc(-c3cnc4ccc(C(F)(F)F)cn34)ns2)CCO1.C[C@H]1CN(c2nc(-c3cnc4ccc(C(F)F)cn34)ns2)C[C@@H](CNS(C)(=O)=O)C1(F)F.FC(F)(F)c1ccc2ncc(-c3nsc(N4CCOC(c5cn[nH]c5)C4)n3)n2c1.FC(F)c1ccc2ncc(-c3nsc(N4CCOC(c5cn[nH]c5)C4)n3)n2c1.NC(=O)[C@H]1CCCN(c2ccnc(-c3cnc4ccc(Cl)cn34)n2)C1. The number of rotatable bonds is 21. The summed E-state index contributed by atoms with van der Waals surface area (Å²) in [7, 11) is -6.95. The molecule has 5 saturated heterocycles. The summed E-state index contributed by atoms with van der Waals surface area (Å²) in [4.78, 5) is 69.5.